The molecule has 1 saturated carbocycles. The highest BCUT2D eigenvalue weighted by molar-refractivity contribution is 9.10. The number of benzene rings is 3. The minimum atomic E-state index is -0.893. The highest BCUT2D eigenvalue weighted by atomic mass is 79.9. The summed E-state index contributed by atoms with van der Waals surface area (Å²) in [6.45, 7) is 2.00. The Morgan fingerprint density at radius 1 is 1.07 bits per heavy atom. The molecule has 1 N–H and O–H groups in total. The summed E-state index contributed by atoms with van der Waals surface area (Å²) in [5.41, 5.74) is 1.79. The number of likely N-dealkylation sites (tertiary alicyclic amines) is 1. The smallest absolute Gasteiger partial charge is 0.243 e. The van der Waals surface area contributed by atoms with Crippen molar-refractivity contribution in [1.29, 1.82) is 0 Å². The third-order valence-electron chi connectivity index (χ3n) is 7.79. The molecular formula is C31H29BrClFN2O4. The molecule has 0 spiro atoms. The van der Waals surface area contributed by atoms with E-state index < -0.39 is 23.9 Å². The van der Waals surface area contributed by atoms with E-state index in [-0.39, 0.29) is 35.9 Å². The third-order valence-corrected chi connectivity index (χ3v) is 8.74. The predicted octanol–water partition coefficient (Wildman–Crippen LogP) is 6.36. The van der Waals surface area contributed by atoms with E-state index in [0.717, 1.165) is 18.4 Å². The van der Waals surface area contributed by atoms with E-state index in [1.807, 2.05) is 19.1 Å². The number of carbonyl (C=O) groups is 3. The maximum atomic E-state index is 14.2. The molecule has 3 aromatic rings. The van der Waals surface area contributed by atoms with Crippen LogP contribution in [-0.2, 0) is 16.1 Å². The van der Waals surface area contributed by atoms with Crippen LogP contribution in [0.1, 0.15) is 47.3 Å². The number of nitrogens with one attached hydrogen (secondary N) is 1. The number of halogens is 3. The molecule has 4 unspecified atom stereocenters. The quantitative estimate of drug-likeness (QED) is 0.295. The Morgan fingerprint density at radius 3 is 2.40 bits per heavy atom. The SMILES string of the molecule is COc1ccc(C2C(C(=O)c3ccccc3Cl)C(C)C(C(=O)NCc3ccc(F)cc3)N2C(=O)C2CC2)cc1Br. The van der Waals surface area contributed by atoms with Gasteiger partial charge in [-0.15, -0.1) is 0 Å². The highest BCUT2D eigenvalue weighted by Gasteiger charge is 2.56. The van der Waals surface area contributed by atoms with Crippen molar-refractivity contribution in [3.63, 3.8) is 0 Å². The minimum absolute atomic E-state index is 0.139. The van der Waals surface area contributed by atoms with Gasteiger partial charge in [0.25, 0.3) is 0 Å². The molecule has 0 radical (unpaired) electrons. The number of Topliss-reactive ketones (excluding diaryl/α,β-unsaturated/α-hetero) is 1. The van der Waals surface area contributed by atoms with Gasteiger partial charge in [-0.25, -0.2) is 4.39 Å². The van der Waals surface area contributed by atoms with Gasteiger partial charge in [0.2, 0.25) is 11.8 Å². The number of hydrogen-bond donors (Lipinski definition) is 1. The molecule has 1 aliphatic heterocycles. The lowest BCUT2D eigenvalue weighted by molar-refractivity contribution is -0.142. The number of methoxy groups -OCH3 is 1. The number of nitrogens with zero attached hydrogens (tertiary/aromatic N) is 1. The summed E-state index contributed by atoms with van der Waals surface area (Å²) in [4.78, 5) is 43.5. The molecule has 40 heavy (non-hydrogen) atoms. The Balaban J connectivity index is 1.57. The van der Waals surface area contributed by atoms with Crippen LogP contribution < -0.4 is 10.1 Å². The zero-order valence-electron chi connectivity index (χ0n) is 22.1. The van der Waals surface area contributed by atoms with Crippen LogP contribution >= 0.6 is 27.5 Å². The standard InChI is InChI=1S/C31H29BrClFN2O4/c1-17-26(29(37)22-5-3-4-6-24(22)33)28(20-11-14-25(40-2)23(32)15-20)36(31(39)19-9-10-19)27(17)30(38)35-16-18-7-12-21(34)13-8-18/h3-8,11-15,17,19,26-28H,9-10,16H2,1-2H3,(H,35,38). The van der Waals surface area contributed by atoms with E-state index in [1.54, 1.807) is 54.5 Å². The zero-order valence-corrected chi connectivity index (χ0v) is 24.4. The summed E-state index contributed by atoms with van der Waals surface area (Å²) in [5.74, 6) is -1.92. The van der Waals surface area contributed by atoms with Gasteiger partial charge in [-0.2, -0.15) is 0 Å². The molecule has 6 nitrogen and oxygen atoms in total. The van der Waals surface area contributed by atoms with Crippen LogP contribution in [0.5, 0.6) is 5.75 Å². The van der Waals surface area contributed by atoms with E-state index in [1.165, 1.54) is 12.1 Å². The Morgan fingerprint density at radius 2 is 1.77 bits per heavy atom. The van der Waals surface area contributed by atoms with Crippen LogP contribution in [0.3, 0.4) is 0 Å². The van der Waals surface area contributed by atoms with E-state index >= 15 is 0 Å². The number of amides is 2. The van der Waals surface area contributed by atoms with Crippen molar-refractivity contribution in [2.45, 2.75) is 38.4 Å². The molecule has 3 aromatic carbocycles. The average Bonchev–Trinajstić information content (AvgIpc) is 3.75. The lowest BCUT2D eigenvalue weighted by atomic mass is 9.80. The molecule has 2 aliphatic rings. The molecule has 0 aromatic heterocycles. The molecule has 5 rings (SSSR count). The zero-order chi connectivity index (χ0) is 28.6. The maximum absolute atomic E-state index is 14.2. The lowest BCUT2D eigenvalue weighted by Gasteiger charge is -2.32. The second-order valence-electron chi connectivity index (χ2n) is 10.4. The molecular weight excluding hydrogens is 599 g/mol. The molecule has 4 atom stereocenters. The van der Waals surface area contributed by atoms with E-state index in [0.29, 0.717) is 26.4 Å². The number of carbonyl (C=O) groups excluding carboxylic acids is 3. The Kier molecular flexibility index (Phi) is 8.29. The first-order valence-corrected chi connectivity index (χ1v) is 14.3. The number of ketones is 1. The number of rotatable bonds is 8. The Labute approximate surface area is 246 Å². The highest BCUT2D eigenvalue weighted by Crippen LogP contribution is 2.50. The van der Waals surface area contributed by atoms with Gasteiger partial charge in [0.05, 0.1) is 28.6 Å². The first-order valence-electron chi connectivity index (χ1n) is 13.2. The van der Waals surface area contributed by atoms with Gasteiger partial charge in [-0.1, -0.05) is 48.9 Å². The number of ether oxygens (including phenoxy) is 1. The van der Waals surface area contributed by atoms with Crippen LogP contribution in [0.4, 0.5) is 4.39 Å². The summed E-state index contributed by atoms with van der Waals surface area (Å²) in [5, 5.41) is 3.24. The monoisotopic (exact) mass is 626 g/mol. The average molecular weight is 628 g/mol. The lowest BCUT2D eigenvalue weighted by Crippen LogP contribution is -2.49. The van der Waals surface area contributed by atoms with E-state index in [4.69, 9.17) is 16.3 Å². The maximum Gasteiger partial charge on any atom is 0.243 e. The van der Waals surface area contributed by atoms with Gasteiger partial charge in [0, 0.05) is 18.0 Å². The Bertz CT molecular complexity index is 1450. The molecule has 2 amide bonds. The van der Waals surface area contributed by atoms with Crippen molar-refractivity contribution in [1.82, 2.24) is 10.2 Å². The summed E-state index contributed by atoms with van der Waals surface area (Å²) >= 11 is 10.0. The van der Waals surface area contributed by atoms with Crippen LogP contribution in [0.15, 0.2) is 71.2 Å². The second-order valence-corrected chi connectivity index (χ2v) is 11.6. The topological polar surface area (TPSA) is 75.7 Å². The summed E-state index contributed by atoms with van der Waals surface area (Å²) in [7, 11) is 1.56. The minimum Gasteiger partial charge on any atom is -0.496 e. The summed E-state index contributed by atoms with van der Waals surface area (Å²) in [6, 6.07) is 16.6. The molecule has 9 heteroatoms. The normalized spacial score (nSPS) is 22.2. The molecule has 0 bridgehead atoms. The van der Waals surface area contributed by atoms with Crippen molar-refractivity contribution in [2.75, 3.05) is 7.11 Å². The van der Waals surface area contributed by atoms with Crippen LogP contribution in [0, 0.1) is 23.6 Å². The molecule has 2 fully saturated rings. The molecule has 1 heterocycles. The second kappa shape index (κ2) is 11.7. The molecule has 1 saturated heterocycles. The van der Waals surface area contributed by atoms with Crippen molar-refractivity contribution in [3.8, 4) is 5.75 Å². The van der Waals surface area contributed by atoms with Gasteiger partial charge in [0.1, 0.15) is 17.6 Å². The third kappa shape index (κ3) is 5.52. The van der Waals surface area contributed by atoms with Crippen molar-refractivity contribution in [3.05, 3.63) is 98.7 Å². The van der Waals surface area contributed by atoms with Gasteiger partial charge < -0.3 is 15.0 Å². The van der Waals surface area contributed by atoms with Crippen LogP contribution in [0.2, 0.25) is 5.02 Å². The van der Waals surface area contributed by atoms with Crippen LogP contribution in [-0.4, -0.2) is 35.6 Å². The predicted molar refractivity (Wildman–Crippen MR) is 153 cm³/mol. The van der Waals surface area contributed by atoms with Crippen molar-refractivity contribution < 1.29 is 23.5 Å². The van der Waals surface area contributed by atoms with Gasteiger partial charge in [0.15, 0.2) is 5.78 Å². The van der Waals surface area contributed by atoms with Crippen molar-refractivity contribution in [2.24, 2.45) is 17.8 Å². The fourth-order valence-corrected chi connectivity index (χ4v) is 6.40. The Hall–Kier alpha value is -3.23. The van der Waals surface area contributed by atoms with E-state index in [9.17, 15) is 18.8 Å². The fourth-order valence-electron chi connectivity index (χ4n) is 5.62. The molecule has 208 valence electrons. The molecule has 1 aliphatic carbocycles. The largest absolute Gasteiger partial charge is 0.496 e. The summed E-state index contributed by atoms with van der Waals surface area (Å²) in [6.07, 6.45) is 1.49. The first kappa shape index (κ1) is 28.3. The van der Waals surface area contributed by atoms with Gasteiger partial charge in [-0.3, -0.25) is 14.4 Å². The first-order chi connectivity index (χ1) is 19.2. The fraction of sp³-hybridized carbons (Fsp3) is 0.323. The number of hydrogen-bond acceptors (Lipinski definition) is 4. The summed E-state index contributed by atoms with van der Waals surface area (Å²) < 4.78 is 19.5. The van der Waals surface area contributed by atoms with Crippen molar-refractivity contribution >= 4 is 45.1 Å². The van der Waals surface area contributed by atoms with Gasteiger partial charge in [-0.05, 0) is 82.2 Å². The van der Waals surface area contributed by atoms with Crippen LogP contribution in [0.25, 0.3) is 0 Å². The van der Waals surface area contributed by atoms with Gasteiger partial charge >= 0.3 is 0 Å². The van der Waals surface area contributed by atoms with E-state index in [2.05, 4.69) is 21.2 Å².